The van der Waals surface area contributed by atoms with E-state index in [9.17, 15) is 9.90 Å². The van der Waals surface area contributed by atoms with Crippen LogP contribution >= 0.6 is 0 Å². The van der Waals surface area contributed by atoms with Crippen LogP contribution in [0, 0.1) is 28.6 Å². The molecule has 0 bridgehead atoms. The van der Waals surface area contributed by atoms with Crippen molar-refractivity contribution >= 4 is 5.97 Å². The molecule has 1 aliphatic heterocycles. The predicted molar refractivity (Wildman–Crippen MR) is 123 cm³/mol. The molecule has 0 radical (unpaired) electrons. The zero-order chi connectivity index (χ0) is 22.8. The van der Waals surface area contributed by atoms with Crippen LogP contribution in [-0.4, -0.2) is 41.3 Å². The van der Waals surface area contributed by atoms with E-state index < -0.39 is 6.10 Å². The summed E-state index contributed by atoms with van der Waals surface area (Å²) < 4.78 is 12.4. The van der Waals surface area contributed by atoms with Crippen LogP contribution < -0.4 is 0 Å². The molecule has 0 unspecified atom stereocenters. The molecular weight excluding hydrogens is 402 g/mol. The zero-order valence-electron chi connectivity index (χ0n) is 20.5. The summed E-state index contributed by atoms with van der Waals surface area (Å²) in [7, 11) is 0. The van der Waals surface area contributed by atoms with Gasteiger partial charge in [-0.15, -0.1) is 0 Å². The number of hydrogen-bond donors (Lipinski definition) is 1. The van der Waals surface area contributed by atoms with E-state index in [1.165, 1.54) is 6.42 Å². The van der Waals surface area contributed by atoms with Gasteiger partial charge in [0.2, 0.25) is 0 Å². The molecule has 7 atom stereocenters. The topological polar surface area (TPSA) is 62.9 Å². The number of carbonyl (C=O) groups is 1. The van der Waals surface area contributed by atoms with E-state index in [0.29, 0.717) is 5.92 Å². The number of furan rings is 1. The molecule has 0 aromatic carbocycles. The maximum absolute atomic E-state index is 13.2. The SMILES string of the molecule is CCCN(CCC)Cc1cc2c(o1)C[C@H]1[C@H]3[C@@H](OC(=O)[C@H]23)[C@H](O)[C@H]2C(C)(C)CCC[C@]12C. The van der Waals surface area contributed by atoms with Crippen LogP contribution in [0.25, 0.3) is 0 Å². The normalized spacial score (nSPS) is 39.4. The van der Waals surface area contributed by atoms with E-state index in [4.69, 9.17) is 9.15 Å². The second kappa shape index (κ2) is 7.87. The monoisotopic (exact) mass is 443 g/mol. The van der Waals surface area contributed by atoms with Gasteiger partial charge in [-0.1, -0.05) is 41.0 Å². The van der Waals surface area contributed by atoms with Crippen molar-refractivity contribution in [3.8, 4) is 0 Å². The minimum Gasteiger partial charge on any atom is -0.464 e. The average Bonchev–Trinajstić information content (AvgIpc) is 3.26. The van der Waals surface area contributed by atoms with Gasteiger partial charge in [-0.05, 0) is 67.5 Å². The lowest BCUT2D eigenvalue weighted by atomic mass is 9.42. The molecule has 32 heavy (non-hydrogen) atoms. The summed E-state index contributed by atoms with van der Waals surface area (Å²) in [6.07, 6.45) is 5.55. The van der Waals surface area contributed by atoms with Gasteiger partial charge in [0.25, 0.3) is 0 Å². The van der Waals surface area contributed by atoms with E-state index in [1.54, 1.807) is 0 Å². The summed E-state index contributed by atoms with van der Waals surface area (Å²) in [5.41, 5.74) is 1.07. The molecule has 1 N–H and O–H groups in total. The molecule has 1 saturated heterocycles. The summed E-state index contributed by atoms with van der Waals surface area (Å²) in [6.45, 7) is 14.3. The molecule has 178 valence electrons. The Bertz CT molecular complexity index is 869. The minimum absolute atomic E-state index is 0.00430. The average molecular weight is 444 g/mol. The first-order valence-corrected chi connectivity index (χ1v) is 12.9. The molecule has 5 nitrogen and oxygen atoms in total. The van der Waals surface area contributed by atoms with Gasteiger partial charge in [0.05, 0.1) is 18.6 Å². The van der Waals surface area contributed by atoms with E-state index >= 15 is 0 Å². The van der Waals surface area contributed by atoms with Gasteiger partial charge in [-0.2, -0.15) is 0 Å². The predicted octanol–water partition coefficient (Wildman–Crippen LogP) is 4.91. The van der Waals surface area contributed by atoms with Crippen LogP contribution in [0.3, 0.4) is 0 Å². The maximum atomic E-state index is 13.2. The van der Waals surface area contributed by atoms with Gasteiger partial charge in [0.1, 0.15) is 17.6 Å². The molecule has 2 heterocycles. The number of fused-ring (bicyclic) bond motifs is 4. The Morgan fingerprint density at radius 2 is 1.88 bits per heavy atom. The van der Waals surface area contributed by atoms with E-state index in [0.717, 1.165) is 68.8 Å². The smallest absolute Gasteiger partial charge is 0.314 e. The van der Waals surface area contributed by atoms with Crippen LogP contribution in [0.1, 0.15) is 89.7 Å². The lowest BCUT2D eigenvalue weighted by Crippen LogP contribution is -2.63. The second-order valence-corrected chi connectivity index (χ2v) is 12.0. The van der Waals surface area contributed by atoms with Crippen molar-refractivity contribution in [2.75, 3.05) is 13.1 Å². The molecule has 1 aromatic rings. The maximum Gasteiger partial charge on any atom is 0.314 e. The van der Waals surface area contributed by atoms with Gasteiger partial charge in [0, 0.05) is 17.9 Å². The highest BCUT2D eigenvalue weighted by Crippen LogP contribution is 2.67. The number of rotatable bonds is 6. The van der Waals surface area contributed by atoms with Crippen LogP contribution in [0.4, 0.5) is 0 Å². The van der Waals surface area contributed by atoms with Crippen molar-refractivity contribution in [1.82, 2.24) is 4.90 Å². The molecule has 3 aliphatic carbocycles. The fourth-order valence-electron chi connectivity index (χ4n) is 8.44. The van der Waals surface area contributed by atoms with Gasteiger partial charge in [-0.3, -0.25) is 9.69 Å². The fraction of sp³-hybridized carbons (Fsp3) is 0.815. The molecule has 5 rings (SSSR count). The van der Waals surface area contributed by atoms with Crippen LogP contribution in [0.15, 0.2) is 10.5 Å². The van der Waals surface area contributed by atoms with Crippen LogP contribution in [-0.2, 0) is 22.5 Å². The molecule has 5 heteroatoms. The lowest BCUT2D eigenvalue weighted by Gasteiger charge is -2.62. The largest absolute Gasteiger partial charge is 0.464 e. The zero-order valence-corrected chi connectivity index (χ0v) is 20.5. The summed E-state index contributed by atoms with van der Waals surface area (Å²) in [5, 5.41) is 11.5. The number of ether oxygens (including phenoxy) is 1. The Hall–Kier alpha value is -1.33. The van der Waals surface area contributed by atoms with Crippen molar-refractivity contribution < 1.29 is 19.1 Å². The van der Waals surface area contributed by atoms with E-state index in [-0.39, 0.29) is 40.7 Å². The third kappa shape index (κ3) is 3.21. The first-order valence-electron chi connectivity index (χ1n) is 12.9. The van der Waals surface area contributed by atoms with Crippen LogP contribution in [0.5, 0.6) is 0 Å². The molecule has 0 spiro atoms. The molecule has 3 fully saturated rings. The Labute approximate surface area is 192 Å². The lowest BCUT2D eigenvalue weighted by molar-refractivity contribution is -0.203. The first kappa shape index (κ1) is 22.5. The summed E-state index contributed by atoms with van der Waals surface area (Å²) in [4.78, 5) is 15.6. The van der Waals surface area contributed by atoms with Gasteiger partial charge in [-0.25, -0.2) is 0 Å². The number of nitrogens with zero attached hydrogens (tertiary/aromatic N) is 1. The van der Waals surface area contributed by atoms with Crippen molar-refractivity contribution in [2.45, 2.75) is 97.8 Å². The Balaban J connectivity index is 1.52. The highest BCUT2D eigenvalue weighted by Gasteiger charge is 2.68. The van der Waals surface area contributed by atoms with Gasteiger partial charge >= 0.3 is 5.97 Å². The van der Waals surface area contributed by atoms with E-state index in [1.807, 2.05) is 0 Å². The number of aliphatic hydroxyl groups is 1. The summed E-state index contributed by atoms with van der Waals surface area (Å²) in [6, 6.07) is 2.13. The molecule has 2 saturated carbocycles. The van der Waals surface area contributed by atoms with Crippen molar-refractivity contribution in [3.63, 3.8) is 0 Å². The Morgan fingerprint density at radius 3 is 2.56 bits per heavy atom. The number of hydrogen-bond acceptors (Lipinski definition) is 5. The van der Waals surface area contributed by atoms with Crippen molar-refractivity contribution in [3.05, 3.63) is 23.2 Å². The van der Waals surface area contributed by atoms with Crippen molar-refractivity contribution in [2.24, 2.45) is 28.6 Å². The highest BCUT2D eigenvalue weighted by atomic mass is 16.6. The third-order valence-electron chi connectivity index (χ3n) is 9.44. The summed E-state index contributed by atoms with van der Waals surface area (Å²) in [5.74, 6) is 2.04. The van der Waals surface area contributed by atoms with Gasteiger partial charge in [0.15, 0.2) is 0 Å². The van der Waals surface area contributed by atoms with E-state index in [2.05, 4.69) is 45.6 Å². The quantitative estimate of drug-likeness (QED) is 0.633. The fourth-order valence-corrected chi connectivity index (χ4v) is 8.44. The number of carbonyl (C=O) groups excluding carboxylic acids is 1. The van der Waals surface area contributed by atoms with Gasteiger partial charge < -0.3 is 14.3 Å². The molecular formula is C27H41NO4. The second-order valence-electron chi connectivity index (χ2n) is 12.0. The van der Waals surface area contributed by atoms with Crippen LogP contribution in [0.2, 0.25) is 0 Å². The third-order valence-corrected chi connectivity index (χ3v) is 9.44. The number of aliphatic hydroxyl groups excluding tert-OH is 1. The minimum atomic E-state index is -0.581. The molecule has 4 aliphatic rings. The van der Waals surface area contributed by atoms with Crippen molar-refractivity contribution in [1.29, 1.82) is 0 Å². The molecule has 1 aromatic heterocycles. The molecule has 0 amide bonds. The first-order chi connectivity index (χ1) is 15.2. The summed E-state index contributed by atoms with van der Waals surface area (Å²) >= 11 is 0. The standard InChI is InChI=1S/C27H41NO4/c1-6-11-28(12-7-2)15-16-13-17-19(31-16)14-18-21-20(17)25(30)32-23(21)22(29)24-26(3,4)9-8-10-27(18,24)5/h13,18,20-24,29H,6-12,14-15H2,1-5H3/t18-,20+,21+,22-,23+,24-,27+/m0/s1. The Morgan fingerprint density at radius 1 is 1.16 bits per heavy atom. The highest BCUT2D eigenvalue weighted by molar-refractivity contribution is 5.82. The Kier molecular flexibility index (Phi) is 5.52. The number of esters is 1.